The molecule has 0 radical (unpaired) electrons. The molecule has 1 aliphatic rings. The van der Waals surface area contributed by atoms with Gasteiger partial charge in [-0.2, -0.15) is 0 Å². The van der Waals surface area contributed by atoms with E-state index in [0.717, 1.165) is 31.2 Å². The van der Waals surface area contributed by atoms with E-state index >= 15 is 0 Å². The lowest BCUT2D eigenvalue weighted by molar-refractivity contribution is -0.123. The largest absolute Gasteiger partial charge is 0.396 e. The Morgan fingerprint density at radius 1 is 1.25 bits per heavy atom. The van der Waals surface area contributed by atoms with Gasteiger partial charge in [-0.05, 0) is 18.4 Å². The molecule has 1 aromatic rings. The van der Waals surface area contributed by atoms with Crippen LogP contribution in [0.1, 0.15) is 43.7 Å². The summed E-state index contributed by atoms with van der Waals surface area (Å²) >= 11 is 0. The van der Waals surface area contributed by atoms with Crippen molar-refractivity contribution in [1.29, 1.82) is 0 Å². The number of carbonyl (C=O) groups is 1. The number of hydrogen-bond acceptors (Lipinski definition) is 3. The highest BCUT2D eigenvalue weighted by Crippen LogP contribution is 2.35. The number of nitrogens with one attached hydrogen (secondary N) is 1. The van der Waals surface area contributed by atoms with Gasteiger partial charge in [0.25, 0.3) is 0 Å². The average molecular weight is 276 g/mol. The molecule has 1 unspecified atom stereocenters. The molecule has 4 nitrogen and oxygen atoms in total. The van der Waals surface area contributed by atoms with E-state index in [1.807, 2.05) is 30.3 Å². The van der Waals surface area contributed by atoms with Gasteiger partial charge in [0.2, 0.25) is 5.91 Å². The lowest BCUT2D eigenvalue weighted by Gasteiger charge is -2.35. The van der Waals surface area contributed by atoms with Gasteiger partial charge in [0.1, 0.15) is 6.04 Å². The summed E-state index contributed by atoms with van der Waals surface area (Å²) in [5.41, 5.74) is 6.63. The monoisotopic (exact) mass is 276 g/mol. The lowest BCUT2D eigenvalue weighted by atomic mass is 9.74. The molecule has 0 aromatic heterocycles. The molecule has 0 saturated heterocycles. The van der Waals surface area contributed by atoms with Gasteiger partial charge in [0.05, 0.1) is 6.61 Å². The molecule has 0 bridgehead atoms. The molecule has 1 aliphatic carbocycles. The number of amides is 1. The fourth-order valence-corrected chi connectivity index (χ4v) is 2.89. The zero-order chi connectivity index (χ0) is 14.4. The number of benzene rings is 1. The highest BCUT2D eigenvalue weighted by atomic mass is 16.3. The van der Waals surface area contributed by atoms with Crippen LogP contribution >= 0.6 is 0 Å². The zero-order valence-electron chi connectivity index (χ0n) is 11.8. The quantitative estimate of drug-likeness (QED) is 0.767. The summed E-state index contributed by atoms with van der Waals surface area (Å²) in [6.45, 7) is 0.650. The van der Waals surface area contributed by atoms with Crippen LogP contribution in [0.25, 0.3) is 0 Å². The van der Waals surface area contributed by atoms with E-state index in [4.69, 9.17) is 5.73 Å². The predicted octanol–water partition coefficient (Wildman–Crippen LogP) is 1.75. The minimum absolute atomic E-state index is 0.133. The van der Waals surface area contributed by atoms with Gasteiger partial charge in [-0.25, -0.2) is 0 Å². The Morgan fingerprint density at radius 3 is 2.50 bits per heavy atom. The molecule has 1 saturated carbocycles. The fraction of sp³-hybridized carbons (Fsp3) is 0.562. The molecule has 110 valence electrons. The second-order valence-electron chi connectivity index (χ2n) is 5.82. The maximum absolute atomic E-state index is 12.1. The Labute approximate surface area is 120 Å². The molecule has 4 heteroatoms. The maximum Gasteiger partial charge on any atom is 0.241 e. The smallest absolute Gasteiger partial charge is 0.241 e. The molecule has 1 atom stereocenters. The first kappa shape index (κ1) is 15.0. The third-order valence-electron chi connectivity index (χ3n) is 4.33. The minimum Gasteiger partial charge on any atom is -0.396 e. The fourth-order valence-electron chi connectivity index (χ4n) is 2.89. The van der Waals surface area contributed by atoms with Gasteiger partial charge in [-0.1, -0.05) is 49.6 Å². The predicted molar refractivity (Wildman–Crippen MR) is 79.0 cm³/mol. The Bertz CT molecular complexity index is 427. The van der Waals surface area contributed by atoms with Crippen LogP contribution in [0.3, 0.4) is 0 Å². The summed E-state index contributed by atoms with van der Waals surface area (Å²) in [6, 6.07) is 8.71. The van der Waals surface area contributed by atoms with Crippen molar-refractivity contribution in [3.05, 3.63) is 35.9 Å². The Kier molecular flexibility index (Phi) is 5.15. The summed E-state index contributed by atoms with van der Waals surface area (Å²) < 4.78 is 0. The molecule has 2 rings (SSSR count). The highest BCUT2D eigenvalue weighted by molar-refractivity contribution is 5.82. The third kappa shape index (κ3) is 3.58. The Morgan fingerprint density at radius 2 is 1.90 bits per heavy atom. The maximum atomic E-state index is 12.1. The molecular formula is C16H24N2O2. The van der Waals surface area contributed by atoms with Crippen LogP contribution in [-0.4, -0.2) is 24.2 Å². The van der Waals surface area contributed by atoms with Gasteiger partial charge in [0.15, 0.2) is 0 Å². The summed E-state index contributed by atoms with van der Waals surface area (Å²) in [5.74, 6) is -0.172. The van der Waals surface area contributed by atoms with Crippen LogP contribution in [0.4, 0.5) is 0 Å². The van der Waals surface area contributed by atoms with Crippen LogP contribution in [-0.2, 0) is 4.79 Å². The van der Waals surface area contributed by atoms with E-state index < -0.39 is 6.04 Å². The number of aliphatic hydroxyl groups is 1. The summed E-state index contributed by atoms with van der Waals surface area (Å²) in [7, 11) is 0. The van der Waals surface area contributed by atoms with Crippen LogP contribution in [0.5, 0.6) is 0 Å². The van der Waals surface area contributed by atoms with Crippen molar-refractivity contribution in [3.8, 4) is 0 Å². The topological polar surface area (TPSA) is 75.4 Å². The van der Waals surface area contributed by atoms with Crippen LogP contribution in [0.2, 0.25) is 0 Å². The van der Waals surface area contributed by atoms with E-state index in [-0.39, 0.29) is 17.9 Å². The Balaban J connectivity index is 1.91. The standard InChI is InChI=1S/C16H24N2O2/c17-14(13-7-3-1-4-8-13)15(20)18-11-16(12-19)9-5-2-6-10-16/h1,3-4,7-8,14,19H,2,5-6,9-12,17H2,(H,18,20). The van der Waals surface area contributed by atoms with Crippen molar-refractivity contribution in [2.75, 3.05) is 13.2 Å². The zero-order valence-corrected chi connectivity index (χ0v) is 11.8. The van der Waals surface area contributed by atoms with E-state index in [9.17, 15) is 9.90 Å². The van der Waals surface area contributed by atoms with E-state index in [1.54, 1.807) is 0 Å². The van der Waals surface area contributed by atoms with Gasteiger partial charge in [-0.3, -0.25) is 4.79 Å². The van der Waals surface area contributed by atoms with Crippen LogP contribution in [0.15, 0.2) is 30.3 Å². The molecule has 0 spiro atoms. The second kappa shape index (κ2) is 6.86. The van der Waals surface area contributed by atoms with Gasteiger partial charge < -0.3 is 16.2 Å². The first-order valence-corrected chi connectivity index (χ1v) is 7.36. The van der Waals surface area contributed by atoms with Crippen LogP contribution < -0.4 is 11.1 Å². The highest BCUT2D eigenvalue weighted by Gasteiger charge is 2.32. The molecule has 0 heterocycles. The first-order valence-electron chi connectivity index (χ1n) is 7.36. The second-order valence-corrected chi connectivity index (χ2v) is 5.82. The Hall–Kier alpha value is -1.39. The number of aliphatic hydroxyl groups excluding tert-OH is 1. The molecule has 20 heavy (non-hydrogen) atoms. The molecule has 4 N–H and O–H groups in total. The normalized spacial score (nSPS) is 19.3. The van der Waals surface area contributed by atoms with Crippen molar-refractivity contribution in [2.45, 2.75) is 38.1 Å². The number of nitrogens with two attached hydrogens (primary N) is 1. The number of hydrogen-bond donors (Lipinski definition) is 3. The molecule has 1 fully saturated rings. The number of rotatable bonds is 5. The van der Waals surface area contributed by atoms with E-state index in [1.165, 1.54) is 6.42 Å². The molecule has 1 amide bonds. The SMILES string of the molecule is NC(C(=O)NCC1(CO)CCCCC1)c1ccccc1. The number of carbonyl (C=O) groups excluding carboxylic acids is 1. The summed E-state index contributed by atoms with van der Waals surface area (Å²) in [6.07, 6.45) is 5.43. The molecule has 0 aliphatic heterocycles. The summed E-state index contributed by atoms with van der Waals surface area (Å²) in [4.78, 5) is 12.1. The van der Waals surface area contributed by atoms with Crippen molar-refractivity contribution >= 4 is 5.91 Å². The van der Waals surface area contributed by atoms with Gasteiger partial charge in [0, 0.05) is 12.0 Å². The van der Waals surface area contributed by atoms with Crippen molar-refractivity contribution < 1.29 is 9.90 Å². The average Bonchev–Trinajstić information content (AvgIpc) is 2.53. The molecule has 1 aromatic carbocycles. The third-order valence-corrected chi connectivity index (χ3v) is 4.33. The van der Waals surface area contributed by atoms with Gasteiger partial charge in [-0.15, -0.1) is 0 Å². The van der Waals surface area contributed by atoms with E-state index in [2.05, 4.69) is 5.32 Å². The van der Waals surface area contributed by atoms with Gasteiger partial charge >= 0.3 is 0 Å². The first-order chi connectivity index (χ1) is 9.67. The van der Waals surface area contributed by atoms with Crippen molar-refractivity contribution in [3.63, 3.8) is 0 Å². The molecular weight excluding hydrogens is 252 g/mol. The minimum atomic E-state index is -0.643. The van der Waals surface area contributed by atoms with Crippen molar-refractivity contribution in [2.24, 2.45) is 11.1 Å². The van der Waals surface area contributed by atoms with Crippen LogP contribution in [0, 0.1) is 5.41 Å². The van der Waals surface area contributed by atoms with E-state index in [0.29, 0.717) is 6.54 Å². The van der Waals surface area contributed by atoms with Crippen molar-refractivity contribution in [1.82, 2.24) is 5.32 Å². The lowest BCUT2D eigenvalue weighted by Crippen LogP contribution is -2.44. The summed E-state index contributed by atoms with van der Waals surface area (Å²) in [5, 5.41) is 12.5.